The molecule has 2 aromatic carbocycles. The summed E-state index contributed by atoms with van der Waals surface area (Å²) in [6.45, 7) is 3.67. The first-order chi connectivity index (χ1) is 11.8. The third-order valence-electron chi connectivity index (χ3n) is 3.83. The maximum atomic E-state index is 12.6. The Morgan fingerprint density at radius 1 is 1.16 bits per heavy atom. The molecule has 0 bridgehead atoms. The maximum Gasteiger partial charge on any atom is 0.240 e. The normalized spacial score (nSPS) is 13.0. The van der Waals surface area contributed by atoms with Gasteiger partial charge in [-0.1, -0.05) is 47.5 Å². The van der Waals surface area contributed by atoms with Crippen LogP contribution in [0.15, 0.2) is 47.4 Å². The lowest BCUT2D eigenvalue weighted by atomic mass is 10.1. The number of rotatable bonds is 8. The summed E-state index contributed by atoms with van der Waals surface area (Å²) in [4.78, 5) is 0.143. The zero-order chi connectivity index (χ0) is 18.4. The van der Waals surface area contributed by atoms with Gasteiger partial charge in [0.15, 0.2) is 0 Å². The Kier molecular flexibility index (Phi) is 6.98. The molecule has 5 nitrogen and oxygen atoms in total. The van der Waals surface area contributed by atoms with Crippen molar-refractivity contribution in [1.82, 2.24) is 4.72 Å². The average Bonchev–Trinajstić information content (AvgIpc) is 2.58. The van der Waals surface area contributed by atoms with E-state index >= 15 is 0 Å². The molecule has 2 rings (SSSR count). The van der Waals surface area contributed by atoms with Crippen LogP contribution >= 0.6 is 11.6 Å². The zero-order valence-electron chi connectivity index (χ0n) is 14.2. The molecular formula is C18H22ClNO4S. The summed E-state index contributed by atoms with van der Waals surface area (Å²) in [6.07, 6.45) is -0.498. The number of hydrogen-bond donors (Lipinski definition) is 2. The van der Waals surface area contributed by atoms with Crippen molar-refractivity contribution in [2.75, 3.05) is 19.8 Å². The number of aliphatic hydroxyl groups is 1. The van der Waals surface area contributed by atoms with Crippen LogP contribution in [-0.2, 0) is 14.8 Å². The molecule has 0 heterocycles. The van der Waals surface area contributed by atoms with E-state index in [2.05, 4.69) is 4.72 Å². The van der Waals surface area contributed by atoms with Crippen molar-refractivity contribution in [3.05, 3.63) is 64.2 Å². The molecule has 0 radical (unpaired) electrons. The van der Waals surface area contributed by atoms with Crippen LogP contribution in [0.2, 0.25) is 5.02 Å². The van der Waals surface area contributed by atoms with Crippen LogP contribution in [0.25, 0.3) is 0 Å². The molecule has 25 heavy (non-hydrogen) atoms. The van der Waals surface area contributed by atoms with Gasteiger partial charge in [0.1, 0.15) is 0 Å². The Morgan fingerprint density at radius 3 is 2.48 bits per heavy atom. The molecule has 0 aliphatic rings. The van der Waals surface area contributed by atoms with Crippen molar-refractivity contribution < 1.29 is 18.3 Å². The number of aryl methyl sites for hydroxylation is 1. The lowest BCUT2D eigenvalue weighted by molar-refractivity contribution is 0.0309. The Bertz CT molecular complexity index is 806. The summed E-state index contributed by atoms with van der Waals surface area (Å²) in [7, 11) is -3.73. The Balaban J connectivity index is 2.18. The summed E-state index contributed by atoms with van der Waals surface area (Å²) < 4.78 is 33.4. The molecule has 1 atom stereocenters. The lowest BCUT2D eigenvalue weighted by Gasteiger charge is -2.19. The second kappa shape index (κ2) is 8.78. The van der Waals surface area contributed by atoms with E-state index in [-0.39, 0.29) is 24.7 Å². The molecule has 0 unspecified atom stereocenters. The highest BCUT2D eigenvalue weighted by Crippen LogP contribution is 2.23. The minimum atomic E-state index is -3.73. The molecular weight excluding hydrogens is 362 g/mol. The highest BCUT2D eigenvalue weighted by Gasteiger charge is 2.21. The highest BCUT2D eigenvalue weighted by atomic mass is 35.5. The Morgan fingerprint density at radius 2 is 1.84 bits per heavy atom. The molecule has 0 saturated carbocycles. The van der Waals surface area contributed by atoms with Crippen molar-refractivity contribution >= 4 is 21.6 Å². The van der Waals surface area contributed by atoms with Gasteiger partial charge in [-0.25, -0.2) is 13.1 Å². The summed E-state index contributed by atoms with van der Waals surface area (Å²) in [6, 6.07) is 12.4. The van der Waals surface area contributed by atoms with E-state index in [4.69, 9.17) is 21.4 Å². The van der Waals surface area contributed by atoms with Gasteiger partial charge in [-0.05, 0) is 37.1 Å². The van der Waals surface area contributed by atoms with E-state index in [0.717, 1.165) is 11.1 Å². The molecule has 2 N–H and O–H groups in total. The molecule has 0 aliphatic heterocycles. The average molecular weight is 384 g/mol. The first kappa shape index (κ1) is 19.9. The van der Waals surface area contributed by atoms with Crippen LogP contribution in [0.5, 0.6) is 0 Å². The van der Waals surface area contributed by atoms with E-state index in [1.807, 2.05) is 31.2 Å². The third kappa shape index (κ3) is 5.26. The fourth-order valence-electron chi connectivity index (χ4n) is 2.39. The number of halogens is 1. The fourth-order valence-corrected chi connectivity index (χ4v) is 3.92. The molecule has 0 aromatic heterocycles. The van der Waals surface area contributed by atoms with Crippen LogP contribution in [0, 0.1) is 13.8 Å². The predicted molar refractivity (Wildman–Crippen MR) is 98.3 cm³/mol. The van der Waals surface area contributed by atoms with Crippen molar-refractivity contribution in [2.45, 2.75) is 24.8 Å². The van der Waals surface area contributed by atoms with Gasteiger partial charge in [-0.3, -0.25) is 0 Å². The van der Waals surface area contributed by atoms with Gasteiger partial charge >= 0.3 is 0 Å². The standard InChI is InChI=1S/C18H22ClNO4S/c1-13-6-8-15(9-7-13)17(24-11-10-21)12-20-25(22,23)18-5-3-4-16(19)14(18)2/h3-9,17,20-21H,10-12H2,1-2H3/t17-/m0/s1. The van der Waals surface area contributed by atoms with E-state index in [1.54, 1.807) is 19.1 Å². The van der Waals surface area contributed by atoms with Crippen LogP contribution in [0.1, 0.15) is 22.8 Å². The molecule has 7 heteroatoms. The number of sulfonamides is 1. The Labute approximate surface area is 153 Å². The van der Waals surface area contributed by atoms with E-state index in [9.17, 15) is 8.42 Å². The smallest absolute Gasteiger partial charge is 0.240 e. The van der Waals surface area contributed by atoms with Gasteiger partial charge in [-0.2, -0.15) is 0 Å². The van der Waals surface area contributed by atoms with Crippen LogP contribution in [-0.4, -0.2) is 33.3 Å². The van der Waals surface area contributed by atoms with Crippen LogP contribution < -0.4 is 4.72 Å². The minimum Gasteiger partial charge on any atom is -0.394 e. The number of nitrogens with one attached hydrogen (secondary N) is 1. The largest absolute Gasteiger partial charge is 0.394 e. The molecule has 0 amide bonds. The number of hydrogen-bond acceptors (Lipinski definition) is 4. The maximum absolute atomic E-state index is 12.6. The number of aliphatic hydroxyl groups excluding tert-OH is 1. The molecule has 0 saturated heterocycles. The quantitative estimate of drug-likeness (QED) is 0.734. The van der Waals surface area contributed by atoms with Gasteiger partial charge in [0, 0.05) is 11.6 Å². The van der Waals surface area contributed by atoms with Gasteiger partial charge in [0.25, 0.3) is 0 Å². The van der Waals surface area contributed by atoms with Gasteiger partial charge in [0.05, 0.1) is 24.2 Å². The highest BCUT2D eigenvalue weighted by molar-refractivity contribution is 7.89. The topological polar surface area (TPSA) is 75.6 Å². The summed E-state index contributed by atoms with van der Waals surface area (Å²) >= 11 is 6.02. The van der Waals surface area contributed by atoms with Crippen molar-refractivity contribution in [2.24, 2.45) is 0 Å². The molecule has 0 spiro atoms. The number of benzene rings is 2. The SMILES string of the molecule is Cc1ccc([C@H](CNS(=O)(=O)c2cccc(Cl)c2C)OCCO)cc1. The van der Waals surface area contributed by atoms with E-state index in [0.29, 0.717) is 10.6 Å². The first-order valence-electron chi connectivity index (χ1n) is 7.89. The van der Waals surface area contributed by atoms with Crippen molar-refractivity contribution in [3.63, 3.8) is 0 Å². The Hall–Kier alpha value is -1.44. The fraction of sp³-hybridized carbons (Fsp3) is 0.333. The molecule has 0 fully saturated rings. The second-order valence-corrected chi connectivity index (χ2v) is 7.85. The lowest BCUT2D eigenvalue weighted by Crippen LogP contribution is -2.30. The molecule has 136 valence electrons. The van der Waals surface area contributed by atoms with Gasteiger partial charge < -0.3 is 9.84 Å². The van der Waals surface area contributed by atoms with E-state index in [1.165, 1.54) is 6.07 Å². The van der Waals surface area contributed by atoms with Crippen LogP contribution in [0.3, 0.4) is 0 Å². The zero-order valence-corrected chi connectivity index (χ0v) is 15.8. The third-order valence-corrected chi connectivity index (χ3v) is 5.80. The monoisotopic (exact) mass is 383 g/mol. The van der Waals surface area contributed by atoms with Gasteiger partial charge in [0.2, 0.25) is 10.0 Å². The second-order valence-electron chi connectivity index (χ2n) is 5.71. The van der Waals surface area contributed by atoms with E-state index < -0.39 is 16.1 Å². The summed E-state index contributed by atoms with van der Waals surface area (Å²) in [5.41, 5.74) is 2.43. The van der Waals surface area contributed by atoms with Crippen molar-refractivity contribution in [1.29, 1.82) is 0 Å². The van der Waals surface area contributed by atoms with Gasteiger partial charge in [-0.15, -0.1) is 0 Å². The summed E-state index contributed by atoms with van der Waals surface area (Å²) in [5, 5.41) is 9.40. The molecule has 0 aliphatic carbocycles. The molecule has 2 aromatic rings. The van der Waals surface area contributed by atoms with Crippen LogP contribution in [0.4, 0.5) is 0 Å². The minimum absolute atomic E-state index is 0.0529. The first-order valence-corrected chi connectivity index (χ1v) is 9.75. The predicted octanol–water partition coefficient (Wildman–Crippen LogP) is 2.99. The summed E-state index contributed by atoms with van der Waals surface area (Å²) in [5.74, 6) is 0. The number of ether oxygens (including phenoxy) is 1. The van der Waals surface area contributed by atoms with Crippen molar-refractivity contribution in [3.8, 4) is 0 Å².